The van der Waals surface area contributed by atoms with Gasteiger partial charge in [0.25, 0.3) is 0 Å². The molecule has 2 aliphatic heterocycles. The lowest BCUT2D eigenvalue weighted by atomic mass is 9.78. The number of rotatable bonds is 6. The summed E-state index contributed by atoms with van der Waals surface area (Å²) in [5, 5.41) is 21.4. The molecule has 2 aliphatic rings. The van der Waals surface area contributed by atoms with Crippen LogP contribution in [-0.4, -0.2) is 52.9 Å². The Bertz CT molecular complexity index is 911. The molecule has 2 bridgehead atoms. The molecule has 0 aromatic carbocycles. The van der Waals surface area contributed by atoms with Crippen LogP contribution in [0.3, 0.4) is 0 Å². The third-order valence-corrected chi connectivity index (χ3v) is 6.08. The van der Waals surface area contributed by atoms with Crippen LogP contribution in [0.15, 0.2) is 45.7 Å². The Kier molecular flexibility index (Phi) is 6.38. The Morgan fingerprint density at radius 2 is 1.83 bits per heavy atom. The van der Waals surface area contributed by atoms with E-state index in [2.05, 4.69) is 0 Å². The van der Waals surface area contributed by atoms with Crippen molar-refractivity contribution in [2.45, 2.75) is 69.7 Å². The van der Waals surface area contributed by atoms with Crippen molar-refractivity contribution in [3.05, 3.63) is 58.2 Å². The first-order chi connectivity index (χ1) is 14.2. The van der Waals surface area contributed by atoms with Gasteiger partial charge in [-0.1, -0.05) is 37.3 Å². The zero-order valence-corrected chi connectivity index (χ0v) is 18.0. The molecule has 7 heteroatoms. The number of methoxy groups -OCH3 is 1. The summed E-state index contributed by atoms with van der Waals surface area (Å²) in [6.07, 6.45) is 8.34. The molecule has 0 saturated carbocycles. The van der Waals surface area contributed by atoms with Crippen molar-refractivity contribution >= 4 is 6.08 Å². The van der Waals surface area contributed by atoms with Crippen molar-refractivity contribution in [1.82, 2.24) is 0 Å². The molecule has 7 nitrogen and oxygen atoms in total. The molecule has 164 valence electrons. The number of hydrogen-bond donors (Lipinski definition) is 2. The van der Waals surface area contributed by atoms with E-state index in [1.54, 1.807) is 43.4 Å². The molecular weight excluding hydrogens is 388 g/mol. The van der Waals surface area contributed by atoms with E-state index in [0.717, 1.165) is 5.56 Å². The molecule has 2 saturated heterocycles. The summed E-state index contributed by atoms with van der Waals surface area (Å²) in [5.74, 6) is 0.901. The molecule has 1 aromatic rings. The third-order valence-electron chi connectivity index (χ3n) is 6.08. The predicted molar refractivity (Wildman–Crippen MR) is 112 cm³/mol. The van der Waals surface area contributed by atoms with Gasteiger partial charge in [-0.05, 0) is 33.3 Å². The van der Waals surface area contributed by atoms with Crippen LogP contribution in [0, 0.1) is 6.92 Å². The number of ether oxygens (including phenoxy) is 3. The topological polar surface area (TPSA) is 98.4 Å². The SMILES string of the molecule is CCC1O[C@]2(C)[C@@H](O)[C@H](/C=C/C=C/C=C/c3oc(=O)cc(OC)c3C)O[C@]1(C)[C@H]2O. The lowest BCUT2D eigenvalue weighted by molar-refractivity contribution is -0.224. The second-order valence-electron chi connectivity index (χ2n) is 8.06. The molecule has 2 fully saturated rings. The van der Waals surface area contributed by atoms with Crippen molar-refractivity contribution in [1.29, 1.82) is 0 Å². The standard InChI is InChI=1S/C23H30O7/c1-6-18-22(3)21(26)23(4,30-18)20(25)16(29-22)12-10-8-7-9-11-15-14(2)17(27-5)13-19(24)28-15/h7-13,16,18,20-21,25-26H,6H2,1-5H3/b8-7+,11-9+,12-10+/t16-,18?,20-,21+,22-,23+/m0/s1. The zero-order chi connectivity index (χ0) is 22.1. The van der Waals surface area contributed by atoms with Crippen molar-refractivity contribution in [3.63, 3.8) is 0 Å². The summed E-state index contributed by atoms with van der Waals surface area (Å²) >= 11 is 0. The van der Waals surface area contributed by atoms with Crippen LogP contribution in [0.5, 0.6) is 5.75 Å². The van der Waals surface area contributed by atoms with Gasteiger partial charge in [0, 0.05) is 5.56 Å². The predicted octanol–water partition coefficient (Wildman–Crippen LogP) is 2.53. The van der Waals surface area contributed by atoms with Crippen LogP contribution >= 0.6 is 0 Å². The first-order valence-electron chi connectivity index (χ1n) is 10.1. The van der Waals surface area contributed by atoms with E-state index in [1.165, 1.54) is 13.2 Å². The van der Waals surface area contributed by atoms with Gasteiger partial charge in [-0.3, -0.25) is 0 Å². The smallest absolute Gasteiger partial charge is 0.339 e. The molecule has 30 heavy (non-hydrogen) atoms. The zero-order valence-electron chi connectivity index (χ0n) is 18.0. The molecule has 0 radical (unpaired) electrons. The molecule has 2 N–H and O–H groups in total. The average Bonchev–Trinajstić information content (AvgIpc) is 2.86. The van der Waals surface area contributed by atoms with Crippen molar-refractivity contribution < 1.29 is 28.8 Å². The quantitative estimate of drug-likeness (QED) is 0.685. The lowest BCUT2D eigenvalue weighted by Crippen LogP contribution is -2.64. The summed E-state index contributed by atoms with van der Waals surface area (Å²) in [4.78, 5) is 11.6. The maximum absolute atomic E-state index is 11.6. The normalized spacial score (nSPS) is 36.4. The second-order valence-corrected chi connectivity index (χ2v) is 8.06. The molecule has 6 atom stereocenters. The molecule has 3 rings (SSSR count). The monoisotopic (exact) mass is 418 g/mol. The van der Waals surface area contributed by atoms with Gasteiger partial charge >= 0.3 is 5.63 Å². The Balaban J connectivity index is 1.69. The number of aliphatic hydroxyl groups is 2. The molecule has 0 spiro atoms. The summed E-state index contributed by atoms with van der Waals surface area (Å²) in [7, 11) is 1.50. The number of aliphatic hydroxyl groups excluding tert-OH is 2. The number of allylic oxidation sites excluding steroid dienone is 4. The van der Waals surface area contributed by atoms with Crippen molar-refractivity contribution in [2.75, 3.05) is 7.11 Å². The Morgan fingerprint density at radius 1 is 1.13 bits per heavy atom. The molecule has 3 heterocycles. The highest BCUT2D eigenvalue weighted by Gasteiger charge is 2.67. The fourth-order valence-corrected chi connectivity index (χ4v) is 4.29. The van der Waals surface area contributed by atoms with Crippen LogP contribution in [0.1, 0.15) is 38.5 Å². The van der Waals surface area contributed by atoms with Crippen LogP contribution in [0.2, 0.25) is 0 Å². The average molecular weight is 418 g/mol. The van der Waals surface area contributed by atoms with Gasteiger partial charge in [-0.15, -0.1) is 0 Å². The summed E-state index contributed by atoms with van der Waals surface area (Å²) in [5.41, 5.74) is -1.69. The fourth-order valence-electron chi connectivity index (χ4n) is 4.29. The van der Waals surface area contributed by atoms with Crippen molar-refractivity contribution in [3.8, 4) is 5.75 Å². The minimum Gasteiger partial charge on any atom is -0.496 e. The Morgan fingerprint density at radius 3 is 2.50 bits per heavy atom. The summed E-state index contributed by atoms with van der Waals surface area (Å²) in [6.45, 7) is 7.33. The van der Waals surface area contributed by atoms with E-state index < -0.39 is 35.1 Å². The van der Waals surface area contributed by atoms with Crippen LogP contribution in [-0.2, 0) is 9.47 Å². The van der Waals surface area contributed by atoms with E-state index in [4.69, 9.17) is 18.6 Å². The highest BCUT2D eigenvalue weighted by Crippen LogP contribution is 2.49. The maximum atomic E-state index is 11.6. The van der Waals surface area contributed by atoms with Gasteiger partial charge in [-0.2, -0.15) is 0 Å². The first-order valence-corrected chi connectivity index (χ1v) is 10.1. The van der Waals surface area contributed by atoms with Crippen LogP contribution in [0.4, 0.5) is 0 Å². The molecule has 0 amide bonds. The highest BCUT2D eigenvalue weighted by molar-refractivity contribution is 5.52. The van der Waals surface area contributed by atoms with E-state index >= 15 is 0 Å². The minimum absolute atomic E-state index is 0.287. The maximum Gasteiger partial charge on any atom is 0.339 e. The molecule has 0 aliphatic carbocycles. The minimum atomic E-state index is -1.08. The van der Waals surface area contributed by atoms with Gasteiger partial charge in [0.2, 0.25) is 0 Å². The Hall–Kier alpha value is -2.19. The first kappa shape index (κ1) is 22.5. The lowest BCUT2D eigenvalue weighted by Gasteiger charge is -2.45. The van der Waals surface area contributed by atoms with Gasteiger partial charge in [-0.25, -0.2) is 4.79 Å². The second kappa shape index (κ2) is 8.51. The summed E-state index contributed by atoms with van der Waals surface area (Å²) < 4.78 is 22.4. The third kappa shape index (κ3) is 3.78. The Labute approximate surface area is 176 Å². The number of fused-ring (bicyclic) bond motifs is 2. The fraction of sp³-hybridized carbons (Fsp3) is 0.522. The van der Waals surface area contributed by atoms with E-state index in [-0.39, 0.29) is 6.10 Å². The van der Waals surface area contributed by atoms with Gasteiger partial charge in [0.05, 0.1) is 19.3 Å². The van der Waals surface area contributed by atoms with Gasteiger partial charge in [0.1, 0.15) is 41.0 Å². The van der Waals surface area contributed by atoms with Crippen LogP contribution in [0.25, 0.3) is 6.08 Å². The molecule has 1 aromatic heterocycles. The largest absolute Gasteiger partial charge is 0.496 e. The van der Waals surface area contributed by atoms with E-state index in [1.807, 2.05) is 20.8 Å². The van der Waals surface area contributed by atoms with Gasteiger partial charge in [0.15, 0.2) is 0 Å². The summed E-state index contributed by atoms with van der Waals surface area (Å²) in [6, 6.07) is 1.30. The van der Waals surface area contributed by atoms with E-state index in [9.17, 15) is 15.0 Å². The van der Waals surface area contributed by atoms with Gasteiger partial charge < -0.3 is 28.8 Å². The highest BCUT2D eigenvalue weighted by atomic mass is 16.6. The van der Waals surface area contributed by atoms with E-state index in [0.29, 0.717) is 17.9 Å². The molecular formula is C23H30O7. The molecule has 1 unspecified atom stereocenters. The van der Waals surface area contributed by atoms with Crippen LogP contribution < -0.4 is 10.4 Å². The number of hydrogen-bond acceptors (Lipinski definition) is 7. The van der Waals surface area contributed by atoms with Crippen molar-refractivity contribution in [2.24, 2.45) is 0 Å².